The number of esters is 1. The fourth-order valence-electron chi connectivity index (χ4n) is 3.81. The van der Waals surface area contributed by atoms with Gasteiger partial charge in [0.2, 0.25) is 5.91 Å². The molecule has 0 bridgehead atoms. The van der Waals surface area contributed by atoms with Crippen LogP contribution in [0.2, 0.25) is 0 Å². The average Bonchev–Trinajstić information content (AvgIpc) is 3.02. The lowest BCUT2D eigenvalue weighted by molar-refractivity contribution is -0.156. The Balaban J connectivity index is 1.57. The Bertz CT molecular complexity index is 723. The molecule has 1 amide bonds. The van der Waals surface area contributed by atoms with Crippen molar-refractivity contribution in [1.29, 1.82) is 0 Å². The number of hydrogen-bond acceptors (Lipinski definition) is 4. The predicted molar refractivity (Wildman–Crippen MR) is 96.2 cm³/mol. The molecule has 8 heteroatoms. The summed E-state index contributed by atoms with van der Waals surface area (Å²) >= 11 is 0. The van der Waals surface area contributed by atoms with E-state index < -0.39 is 17.7 Å². The summed E-state index contributed by atoms with van der Waals surface area (Å²) in [5.41, 5.74) is -0.353. The quantitative estimate of drug-likeness (QED) is 0.716. The van der Waals surface area contributed by atoms with Gasteiger partial charge in [-0.05, 0) is 43.6 Å². The second-order valence-corrected chi connectivity index (χ2v) is 7.47. The fraction of sp³-hybridized carbons (Fsp3) is 0.600. The average molecular weight is 398 g/mol. The molecule has 0 aliphatic carbocycles. The summed E-state index contributed by atoms with van der Waals surface area (Å²) in [6, 6.07) is 4.92. The van der Waals surface area contributed by atoms with Crippen molar-refractivity contribution in [3.8, 4) is 0 Å². The van der Waals surface area contributed by atoms with Crippen LogP contribution in [0.3, 0.4) is 0 Å². The lowest BCUT2D eigenvalue weighted by Crippen LogP contribution is -2.41. The van der Waals surface area contributed by atoms with Crippen LogP contribution in [0.5, 0.6) is 0 Å². The highest BCUT2D eigenvalue weighted by Crippen LogP contribution is 2.30. The van der Waals surface area contributed by atoms with E-state index in [1.165, 1.54) is 11.0 Å². The number of likely N-dealkylation sites (N-methyl/N-ethyl adjacent to an activating group) is 1. The Hall–Kier alpha value is -2.09. The van der Waals surface area contributed by atoms with Crippen molar-refractivity contribution in [2.75, 3.05) is 26.2 Å². The normalized spacial score (nSPS) is 23.9. The third-order valence-corrected chi connectivity index (χ3v) is 5.37. The van der Waals surface area contributed by atoms with Crippen molar-refractivity contribution >= 4 is 11.9 Å². The van der Waals surface area contributed by atoms with Gasteiger partial charge in [-0.1, -0.05) is 19.1 Å². The molecule has 154 valence electrons. The summed E-state index contributed by atoms with van der Waals surface area (Å²) in [5, 5.41) is 0. The van der Waals surface area contributed by atoms with Gasteiger partial charge in [0, 0.05) is 26.1 Å². The summed E-state index contributed by atoms with van der Waals surface area (Å²) in [6.07, 6.45) is -2.76. The van der Waals surface area contributed by atoms with E-state index in [9.17, 15) is 22.8 Å². The van der Waals surface area contributed by atoms with Crippen molar-refractivity contribution in [1.82, 2.24) is 9.80 Å². The van der Waals surface area contributed by atoms with Gasteiger partial charge >= 0.3 is 12.1 Å². The molecule has 0 radical (unpaired) electrons. The molecule has 2 fully saturated rings. The first-order valence-corrected chi connectivity index (χ1v) is 9.63. The minimum absolute atomic E-state index is 0.0437. The van der Waals surface area contributed by atoms with Crippen LogP contribution in [0, 0.1) is 5.92 Å². The first-order valence-electron chi connectivity index (χ1n) is 9.63. The molecule has 2 unspecified atom stereocenters. The number of halogens is 3. The summed E-state index contributed by atoms with van der Waals surface area (Å²) in [6.45, 7) is 4.90. The van der Waals surface area contributed by atoms with Crippen molar-refractivity contribution in [3.05, 3.63) is 35.4 Å². The highest BCUT2D eigenvalue weighted by Gasteiger charge is 2.37. The van der Waals surface area contributed by atoms with E-state index in [2.05, 4.69) is 11.8 Å². The molecular formula is C20H25F3N2O3. The number of hydrogen-bond donors (Lipinski definition) is 0. The number of amides is 1. The largest absolute Gasteiger partial charge is 0.461 e. The zero-order valence-electron chi connectivity index (χ0n) is 15.9. The number of carbonyl (C=O) groups excluding carboxylic acids is 2. The van der Waals surface area contributed by atoms with E-state index in [4.69, 9.17) is 4.74 Å². The number of benzene rings is 1. The minimum Gasteiger partial charge on any atom is -0.461 e. The van der Waals surface area contributed by atoms with Gasteiger partial charge in [-0.15, -0.1) is 0 Å². The standard InChI is InChI=1S/C20H25F3N2O3/c1-2-24-8-4-7-17(13-24)28-19(27)15-10-18(26)25(12-15)11-14-5-3-6-16(9-14)20(21,22)23/h3,5-6,9,15,17H,2,4,7-8,10-13H2,1H3. The van der Waals surface area contributed by atoms with E-state index in [1.807, 2.05) is 0 Å². The number of piperidine rings is 1. The van der Waals surface area contributed by atoms with Gasteiger partial charge < -0.3 is 9.64 Å². The lowest BCUT2D eigenvalue weighted by atomic mass is 10.1. The Morgan fingerprint density at radius 1 is 1.29 bits per heavy atom. The Morgan fingerprint density at radius 2 is 2.07 bits per heavy atom. The molecule has 2 aliphatic rings. The first kappa shape index (κ1) is 20.6. The molecule has 5 nitrogen and oxygen atoms in total. The van der Waals surface area contributed by atoms with E-state index >= 15 is 0 Å². The van der Waals surface area contributed by atoms with Crippen LogP contribution in [0.4, 0.5) is 13.2 Å². The molecule has 2 heterocycles. The first-order chi connectivity index (χ1) is 13.3. The second kappa shape index (κ2) is 8.51. The Kier molecular flexibility index (Phi) is 6.27. The predicted octanol–water partition coefficient (Wildman–Crippen LogP) is 3.08. The highest BCUT2D eigenvalue weighted by atomic mass is 19.4. The molecule has 1 aromatic carbocycles. The van der Waals surface area contributed by atoms with Gasteiger partial charge in [0.25, 0.3) is 0 Å². The third-order valence-electron chi connectivity index (χ3n) is 5.37. The number of carbonyl (C=O) groups is 2. The monoisotopic (exact) mass is 398 g/mol. The maximum atomic E-state index is 12.9. The smallest absolute Gasteiger partial charge is 0.416 e. The molecule has 0 saturated carbocycles. The van der Waals surface area contributed by atoms with Crippen LogP contribution in [0.25, 0.3) is 0 Å². The summed E-state index contributed by atoms with van der Waals surface area (Å²) in [4.78, 5) is 28.4. The van der Waals surface area contributed by atoms with Crippen LogP contribution in [-0.2, 0) is 27.0 Å². The lowest BCUT2D eigenvalue weighted by Gasteiger charge is -2.31. The number of likely N-dealkylation sites (tertiary alicyclic amines) is 2. The fourth-order valence-corrected chi connectivity index (χ4v) is 3.81. The van der Waals surface area contributed by atoms with E-state index in [1.54, 1.807) is 6.07 Å². The molecule has 0 N–H and O–H groups in total. The molecule has 0 aromatic heterocycles. The van der Waals surface area contributed by atoms with Crippen molar-refractivity contribution < 1.29 is 27.5 Å². The van der Waals surface area contributed by atoms with Crippen LogP contribution in [-0.4, -0.2) is 54.0 Å². The molecule has 2 aliphatic heterocycles. The number of ether oxygens (including phenoxy) is 1. The minimum atomic E-state index is -4.43. The molecule has 2 atom stereocenters. The van der Waals surface area contributed by atoms with Crippen molar-refractivity contribution in [3.63, 3.8) is 0 Å². The Labute approximate surface area is 162 Å². The molecule has 1 aromatic rings. The van der Waals surface area contributed by atoms with Gasteiger partial charge in [0.1, 0.15) is 6.10 Å². The van der Waals surface area contributed by atoms with Gasteiger partial charge in [0.05, 0.1) is 11.5 Å². The SMILES string of the molecule is CCN1CCCC(OC(=O)C2CC(=O)N(Cc3cccc(C(F)(F)F)c3)C2)C1. The summed E-state index contributed by atoms with van der Waals surface area (Å²) < 4.78 is 44.2. The third kappa shape index (κ3) is 5.04. The highest BCUT2D eigenvalue weighted by molar-refractivity contribution is 5.86. The van der Waals surface area contributed by atoms with E-state index in [-0.39, 0.29) is 37.5 Å². The van der Waals surface area contributed by atoms with Crippen molar-refractivity contribution in [2.24, 2.45) is 5.92 Å². The molecular weight excluding hydrogens is 373 g/mol. The second-order valence-electron chi connectivity index (χ2n) is 7.47. The van der Waals surface area contributed by atoms with Gasteiger partial charge in [-0.2, -0.15) is 13.2 Å². The van der Waals surface area contributed by atoms with Crippen LogP contribution in [0.15, 0.2) is 24.3 Å². The van der Waals surface area contributed by atoms with Crippen LogP contribution < -0.4 is 0 Å². The number of nitrogens with zero attached hydrogens (tertiary/aromatic N) is 2. The molecule has 2 saturated heterocycles. The molecule has 28 heavy (non-hydrogen) atoms. The maximum Gasteiger partial charge on any atom is 0.416 e. The zero-order valence-corrected chi connectivity index (χ0v) is 15.9. The topological polar surface area (TPSA) is 49.9 Å². The van der Waals surface area contributed by atoms with Gasteiger partial charge in [0.15, 0.2) is 0 Å². The Morgan fingerprint density at radius 3 is 2.79 bits per heavy atom. The van der Waals surface area contributed by atoms with Gasteiger partial charge in [-0.3, -0.25) is 14.5 Å². The zero-order chi connectivity index (χ0) is 20.3. The number of rotatable bonds is 5. The summed E-state index contributed by atoms with van der Waals surface area (Å²) in [7, 11) is 0. The van der Waals surface area contributed by atoms with Crippen LogP contribution >= 0.6 is 0 Å². The van der Waals surface area contributed by atoms with Crippen LogP contribution in [0.1, 0.15) is 37.3 Å². The summed E-state index contributed by atoms with van der Waals surface area (Å²) in [5.74, 6) is -1.18. The number of alkyl halides is 3. The van der Waals surface area contributed by atoms with E-state index in [0.717, 1.165) is 38.1 Å². The maximum absolute atomic E-state index is 12.9. The van der Waals surface area contributed by atoms with E-state index in [0.29, 0.717) is 12.1 Å². The molecule has 0 spiro atoms. The van der Waals surface area contributed by atoms with Gasteiger partial charge in [-0.25, -0.2) is 0 Å². The molecule has 3 rings (SSSR count). The van der Waals surface area contributed by atoms with Crippen molar-refractivity contribution in [2.45, 2.75) is 45.0 Å².